The van der Waals surface area contributed by atoms with Gasteiger partial charge in [0.2, 0.25) is 0 Å². The lowest BCUT2D eigenvalue weighted by Crippen LogP contribution is -2.21. The summed E-state index contributed by atoms with van der Waals surface area (Å²) in [5.74, 6) is 0.393. The largest absolute Gasteiger partial charge is 0.479 e. The van der Waals surface area contributed by atoms with Crippen molar-refractivity contribution >= 4 is 5.97 Å². The van der Waals surface area contributed by atoms with Crippen molar-refractivity contribution in [1.29, 1.82) is 0 Å². The molecule has 0 radical (unpaired) electrons. The summed E-state index contributed by atoms with van der Waals surface area (Å²) in [6.45, 7) is 2.37. The number of cyclic esters (lactones) is 1. The number of ether oxygens (including phenoxy) is 2. The minimum Gasteiger partial charge on any atom is -0.479 e. The Kier molecular flexibility index (Phi) is 3.10. The Morgan fingerprint density at radius 2 is 2.12 bits per heavy atom. The summed E-state index contributed by atoms with van der Waals surface area (Å²) >= 11 is 0. The molecule has 0 amide bonds. The summed E-state index contributed by atoms with van der Waals surface area (Å²) in [5.41, 5.74) is 6.78. The highest BCUT2D eigenvalue weighted by Crippen LogP contribution is 2.20. The first-order valence-electron chi connectivity index (χ1n) is 5.35. The van der Waals surface area contributed by atoms with Gasteiger partial charge in [-0.25, -0.2) is 4.79 Å². The molecule has 4 nitrogen and oxygen atoms in total. The van der Waals surface area contributed by atoms with E-state index in [0.29, 0.717) is 18.8 Å². The molecule has 1 heterocycles. The van der Waals surface area contributed by atoms with Crippen LogP contribution in [0.15, 0.2) is 24.3 Å². The molecule has 1 aliphatic heterocycles. The number of hydrogen-bond donors (Lipinski definition) is 1. The van der Waals surface area contributed by atoms with Gasteiger partial charge in [-0.05, 0) is 24.6 Å². The molecule has 0 saturated carbocycles. The second-order valence-corrected chi connectivity index (χ2v) is 3.92. The monoisotopic (exact) mass is 221 g/mol. The van der Waals surface area contributed by atoms with Crippen LogP contribution in [-0.2, 0) is 9.53 Å². The zero-order valence-electron chi connectivity index (χ0n) is 9.18. The molecule has 16 heavy (non-hydrogen) atoms. The number of carbonyl (C=O) groups excluding carboxylic acids is 1. The van der Waals surface area contributed by atoms with E-state index in [4.69, 9.17) is 15.2 Å². The first-order chi connectivity index (χ1) is 7.66. The molecule has 4 heteroatoms. The molecule has 0 aromatic heterocycles. The average Bonchev–Trinajstić information content (AvgIpc) is 2.65. The van der Waals surface area contributed by atoms with Gasteiger partial charge in [-0.15, -0.1) is 0 Å². The fourth-order valence-corrected chi connectivity index (χ4v) is 1.60. The zero-order chi connectivity index (χ0) is 11.5. The summed E-state index contributed by atoms with van der Waals surface area (Å²) in [5, 5.41) is 0. The zero-order valence-corrected chi connectivity index (χ0v) is 9.18. The molecule has 0 spiro atoms. The van der Waals surface area contributed by atoms with E-state index in [0.717, 1.165) is 5.56 Å². The third-order valence-electron chi connectivity index (χ3n) is 2.57. The number of esters is 1. The molecule has 1 unspecified atom stereocenters. The van der Waals surface area contributed by atoms with Gasteiger partial charge in [0.25, 0.3) is 0 Å². The number of hydrogen-bond acceptors (Lipinski definition) is 4. The van der Waals surface area contributed by atoms with Crippen LogP contribution in [0.1, 0.15) is 24.9 Å². The summed E-state index contributed by atoms with van der Waals surface area (Å²) in [4.78, 5) is 11.2. The Bertz CT molecular complexity index is 372. The van der Waals surface area contributed by atoms with Crippen molar-refractivity contribution in [2.75, 3.05) is 6.61 Å². The van der Waals surface area contributed by atoms with Crippen molar-refractivity contribution in [2.24, 2.45) is 5.73 Å². The van der Waals surface area contributed by atoms with E-state index in [9.17, 15) is 4.79 Å². The van der Waals surface area contributed by atoms with Gasteiger partial charge in [0.1, 0.15) is 5.75 Å². The van der Waals surface area contributed by atoms with E-state index in [-0.39, 0.29) is 12.0 Å². The van der Waals surface area contributed by atoms with Crippen LogP contribution in [0.4, 0.5) is 0 Å². The van der Waals surface area contributed by atoms with Gasteiger partial charge >= 0.3 is 5.97 Å². The molecule has 0 aliphatic carbocycles. The minimum atomic E-state index is -0.457. The summed E-state index contributed by atoms with van der Waals surface area (Å²) in [6, 6.07) is 7.46. The SMILES string of the molecule is C[C@H](N)c1ccc(OC2CCOC2=O)cc1. The number of benzene rings is 1. The van der Waals surface area contributed by atoms with E-state index in [1.54, 1.807) is 0 Å². The van der Waals surface area contributed by atoms with Crippen molar-refractivity contribution in [3.63, 3.8) is 0 Å². The molecule has 1 saturated heterocycles. The van der Waals surface area contributed by atoms with Crippen LogP contribution in [0.25, 0.3) is 0 Å². The average molecular weight is 221 g/mol. The fourth-order valence-electron chi connectivity index (χ4n) is 1.60. The fraction of sp³-hybridized carbons (Fsp3) is 0.417. The molecule has 1 aromatic carbocycles. The highest BCUT2D eigenvalue weighted by molar-refractivity contribution is 5.76. The lowest BCUT2D eigenvalue weighted by Gasteiger charge is -2.11. The van der Waals surface area contributed by atoms with Gasteiger partial charge in [0, 0.05) is 12.5 Å². The van der Waals surface area contributed by atoms with E-state index in [1.807, 2.05) is 31.2 Å². The van der Waals surface area contributed by atoms with Gasteiger partial charge < -0.3 is 15.2 Å². The van der Waals surface area contributed by atoms with E-state index in [1.165, 1.54) is 0 Å². The maximum atomic E-state index is 11.2. The predicted octanol–water partition coefficient (Wildman–Crippen LogP) is 1.40. The van der Waals surface area contributed by atoms with Crippen molar-refractivity contribution in [3.8, 4) is 5.75 Å². The van der Waals surface area contributed by atoms with Crippen molar-refractivity contribution in [3.05, 3.63) is 29.8 Å². The molecular formula is C12H15NO3. The first kappa shape index (κ1) is 11.0. The molecule has 1 aliphatic rings. The van der Waals surface area contributed by atoms with Gasteiger partial charge in [-0.2, -0.15) is 0 Å². The van der Waals surface area contributed by atoms with Gasteiger partial charge in [-0.1, -0.05) is 12.1 Å². The molecule has 2 rings (SSSR count). The molecule has 1 aromatic rings. The summed E-state index contributed by atoms with van der Waals surface area (Å²) < 4.78 is 10.3. The molecule has 2 N–H and O–H groups in total. The molecule has 0 bridgehead atoms. The van der Waals surface area contributed by atoms with Crippen LogP contribution >= 0.6 is 0 Å². The third kappa shape index (κ3) is 2.33. The topological polar surface area (TPSA) is 61.6 Å². The van der Waals surface area contributed by atoms with Crippen LogP contribution in [-0.4, -0.2) is 18.7 Å². The Morgan fingerprint density at radius 1 is 1.44 bits per heavy atom. The van der Waals surface area contributed by atoms with Gasteiger partial charge in [0.05, 0.1) is 6.61 Å². The smallest absolute Gasteiger partial charge is 0.347 e. The Labute approximate surface area is 94.3 Å². The molecule has 2 atom stereocenters. The van der Waals surface area contributed by atoms with Gasteiger partial charge in [0.15, 0.2) is 6.10 Å². The predicted molar refractivity (Wildman–Crippen MR) is 59.0 cm³/mol. The third-order valence-corrected chi connectivity index (χ3v) is 2.57. The van der Waals surface area contributed by atoms with Crippen molar-refractivity contribution < 1.29 is 14.3 Å². The second kappa shape index (κ2) is 4.53. The number of carbonyl (C=O) groups is 1. The second-order valence-electron chi connectivity index (χ2n) is 3.92. The Morgan fingerprint density at radius 3 is 2.62 bits per heavy atom. The van der Waals surface area contributed by atoms with E-state index in [2.05, 4.69) is 0 Å². The van der Waals surface area contributed by atoms with E-state index >= 15 is 0 Å². The standard InChI is InChI=1S/C12H15NO3/c1-8(13)9-2-4-10(5-3-9)16-11-6-7-15-12(11)14/h2-5,8,11H,6-7,13H2,1H3/t8-,11?/m0/s1. The van der Waals surface area contributed by atoms with Crippen molar-refractivity contribution in [1.82, 2.24) is 0 Å². The van der Waals surface area contributed by atoms with Crippen LogP contribution in [0.3, 0.4) is 0 Å². The molecular weight excluding hydrogens is 206 g/mol. The van der Waals surface area contributed by atoms with Crippen molar-refractivity contribution in [2.45, 2.75) is 25.5 Å². The van der Waals surface area contributed by atoms with Crippen LogP contribution in [0.5, 0.6) is 5.75 Å². The van der Waals surface area contributed by atoms with Crippen LogP contribution < -0.4 is 10.5 Å². The Hall–Kier alpha value is -1.55. The summed E-state index contributed by atoms with van der Waals surface area (Å²) in [6.07, 6.45) is 0.162. The normalized spacial score (nSPS) is 21.6. The van der Waals surface area contributed by atoms with Gasteiger partial charge in [-0.3, -0.25) is 0 Å². The molecule has 86 valence electrons. The highest BCUT2D eigenvalue weighted by Gasteiger charge is 2.28. The van der Waals surface area contributed by atoms with E-state index < -0.39 is 6.10 Å². The van der Waals surface area contributed by atoms with Crippen LogP contribution in [0.2, 0.25) is 0 Å². The number of rotatable bonds is 3. The maximum absolute atomic E-state index is 11.2. The minimum absolute atomic E-state index is 0.00509. The van der Waals surface area contributed by atoms with Crippen LogP contribution in [0, 0.1) is 0 Å². The lowest BCUT2D eigenvalue weighted by atomic mass is 10.1. The number of nitrogens with two attached hydrogens (primary N) is 1. The lowest BCUT2D eigenvalue weighted by molar-refractivity contribution is -0.143. The first-order valence-corrected chi connectivity index (χ1v) is 5.35. The maximum Gasteiger partial charge on any atom is 0.347 e. The summed E-state index contributed by atoms with van der Waals surface area (Å²) in [7, 11) is 0. The highest BCUT2D eigenvalue weighted by atomic mass is 16.6. The quantitative estimate of drug-likeness (QED) is 0.784. The Balaban J connectivity index is 2.02. The molecule has 1 fully saturated rings.